The van der Waals surface area contributed by atoms with E-state index in [1.807, 2.05) is 19.2 Å². The Bertz CT molecular complexity index is 741. The Balaban J connectivity index is 5.52. The minimum atomic E-state index is -1.71. The summed E-state index contributed by atoms with van der Waals surface area (Å²) >= 11 is 0. The SMILES string of the molecule is CC(C)CC(N)C(=O)NC(C(=O)NC(CCC(=O)O)C(=O)NC(CC(N)=O)C(=O)O)C(C)O. The Labute approximate surface area is 190 Å². The summed E-state index contributed by atoms with van der Waals surface area (Å²) < 4.78 is 0. The molecule has 0 aliphatic carbocycles. The molecule has 5 unspecified atom stereocenters. The number of aliphatic hydroxyl groups excluding tert-OH is 1. The molecule has 0 heterocycles. The fourth-order valence-electron chi connectivity index (χ4n) is 2.75. The lowest BCUT2D eigenvalue weighted by atomic mass is 10.0. The van der Waals surface area contributed by atoms with Gasteiger partial charge in [0.2, 0.25) is 23.6 Å². The van der Waals surface area contributed by atoms with Crippen molar-refractivity contribution in [1.82, 2.24) is 16.0 Å². The van der Waals surface area contributed by atoms with E-state index in [0.717, 1.165) is 0 Å². The molecule has 0 spiro atoms. The Hall–Kier alpha value is -3.26. The zero-order chi connectivity index (χ0) is 25.9. The highest BCUT2D eigenvalue weighted by Gasteiger charge is 2.33. The number of carbonyl (C=O) groups is 6. The highest BCUT2D eigenvalue weighted by atomic mass is 16.4. The molecular weight excluding hydrogens is 442 g/mol. The van der Waals surface area contributed by atoms with Gasteiger partial charge in [0.1, 0.15) is 18.1 Å². The third-order valence-corrected chi connectivity index (χ3v) is 4.42. The van der Waals surface area contributed by atoms with Crippen LogP contribution in [0.1, 0.15) is 46.5 Å². The Morgan fingerprint density at radius 1 is 0.848 bits per heavy atom. The highest BCUT2D eigenvalue weighted by Crippen LogP contribution is 2.06. The molecule has 33 heavy (non-hydrogen) atoms. The van der Waals surface area contributed by atoms with Gasteiger partial charge < -0.3 is 42.7 Å². The molecular formula is C19H33N5O9. The normalized spacial score (nSPS) is 15.5. The first-order valence-electron chi connectivity index (χ1n) is 10.2. The number of amides is 4. The summed E-state index contributed by atoms with van der Waals surface area (Å²) in [5.41, 5.74) is 10.7. The average Bonchev–Trinajstić information content (AvgIpc) is 2.66. The summed E-state index contributed by atoms with van der Waals surface area (Å²) in [6, 6.07) is -5.75. The molecule has 4 amide bonds. The molecule has 14 heteroatoms. The van der Waals surface area contributed by atoms with E-state index in [2.05, 4.69) is 10.6 Å². The monoisotopic (exact) mass is 475 g/mol. The van der Waals surface area contributed by atoms with Gasteiger partial charge in [-0.2, -0.15) is 0 Å². The second kappa shape index (κ2) is 14.0. The van der Waals surface area contributed by atoms with Crippen molar-refractivity contribution in [2.45, 2.75) is 76.7 Å². The maximum Gasteiger partial charge on any atom is 0.326 e. The lowest BCUT2D eigenvalue weighted by Crippen LogP contribution is -2.60. The van der Waals surface area contributed by atoms with Gasteiger partial charge in [0, 0.05) is 6.42 Å². The molecule has 10 N–H and O–H groups in total. The second-order valence-corrected chi connectivity index (χ2v) is 8.03. The lowest BCUT2D eigenvalue weighted by molar-refractivity contribution is -0.144. The number of hydrogen-bond donors (Lipinski definition) is 8. The van der Waals surface area contributed by atoms with Crippen molar-refractivity contribution < 1.29 is 44.1 Å². The molecule has 0 saturated heterocycles. The minimum absolute atomic E-state index is 0.0799. The van der Waals surface area contributed by atoms with Gasteiger partial charge in [0.15, 0.2) is 0 Å². The molecule has 0 bridgehead atoms. The van der Waals surface area contributed by atoms with Crippen LogP contribution >= 0.6 is 0 Å². The fraction of sp³-hybridized carbons (Fsp3) is 0.684. The van der Waals surface area contributed by atoms with Crippen molar-refractivity contribution in [3.8, 4) is 0 Å². The van der Waals surface area contributed by atoms with Crippen LogP contribution in [0.4, 0.5) is 0 Å². The Morgan fingerprint density at radius 2 is 1.39 bits per heavy atom. The molecule has 188 valence electrons. The van der Waals surface area contributed by atoms with Crippen molar-refractivity contribution in [2.24, 2.45) is 17.4 Å². The first-order valence-corrected chi connectivity index (χ1v) is 10.2. The zero-order valence-electron chi connectivity index (χ0n) is 18.7. The summed E-state index contributed by atoms with van der Waals surface area (Å²) in [6.07, 6.45) is -2.86. The van der Waals surface area contributed by atoms with E-state index in [-0.39, 0.29) is 5.92 Å². The van der Waals surface area contributed by atoms with Crippen molar-refractivity contribution in [2.75, 3.05) is 0 Å². The van der Waals surface area contributed by atoms with Gasteiger partial charge in [-0.3, -0.25) is 24.0 Å². The third kappa shape index (κ3) is 11.8. The molecule has 0 aromatic rings. The number of hydrogen-bond acceptors (Lipinski definition) is 8. The molecule has 0 aromatic heterocycles. The number of aliphatic hydroxyl groups is 1. The van der Waals surface area contributed by atoms with Gasteiger partial charge in [-0.05, 0) is 25.7 Å². The summed E-state index contributed by atoms with van der Waals surface area (Å²) in [5.74, 6) is -6.64. The number of rotatable bonds is 15. The number of carboxylic acids is 2. The number of primary amides is 1. The molecule has 0 aliphatic heterocycles. The topological polar surface area (TPSA) is 251 Å². The number of nitrogens with two attached hydrogens (primary N) is 2. The number of aliphatic carboxylic acids is 2. The number of carboxylic acid groups (broad SMARTS) is 2. The standard InChI is InChI=1S/C19H33N5O9/c1-8(2)6-10(20)16(29)24-15(9(3)25)18(31)22-11(4-5-14(27)28)17(30)23-12(19(32)33)7-13(21)26/h8-12,15,25H,4-7,20H2,1-3H3,(H2,21,26)(H,22,31)(H,23,30)(H,24,29)(H,27,28)(H,32,33). The lowest BCUT2D eigenvalue weighted by Gasteiger charge is -2.26. The minimum Gasteiger partial charge on any atom is -0.481 e. The van der Waals surface area contributed by atoms with Crippen molar-refractivity contribution >= 4 is 35.6 Å². The zero-order valence-corrected chi connectivity index (χ0v) is 18.7. The first-order chi connectivity index (χ1) is 15.1. The van der Waals surface area contributed by atoms with Gasteiger partial charge in [0.05, 0.1) is 18.6 Å². The molecule has 0 aliphatic rings. The molecule has 0 saturated carbocycles. The van der Waals surface area contributed by atoms with Crippen molar-refractivity contribution in [3.63, 3.8) is 0 Å². The van der Waals surface area contributed by atoms with E-state index in [9.17, 15) is 33.9 Å². The maximum absolute atomic E-state index is 12.7. The smallest absolute Gasteiger partial charge is 0.326 e. The van der Waals surface area contributed by atoms with Crippen LogP contribution in [0.5, 0.6) is 0 Å². The van der Waals surface area contributed by atoms with E-state index >= 15 is 0 Å². The molecule has 0 aromatic carbocycles. The molecule has 14 nitrogen and oxygen atoms in total. The van der Waals surface area contributed by atoms with E-state index in [1.54, 1.807) is 0 Å². The van der Waals surface area contributed by atoms with E-state index < -0.39 is 85.1 Å². The predicted molar refractivity (Wildman–Crippen MR) is 113 cm³/mol. The van der Waals surface area contributed by atoms with Crippen LogP contribution in [0, 0.1) is 5.92 Å². The van der Waals surface area contributed by atoms with Gasteiger partial charge in [-0.1, -0.05) is 13.8 Å². The van der Waals surface area contributed by atoms with Crippen LogP contribution in [0.2, 0.25) is 0 Å². The fourth-order valence-corrected chi connectivity index (χ4v) is 2.75. The van der Waals surface area contributed by atoms with E-state index in [1.165, 1.54) is 6.92 Å². The van der Waals surface area contributed by atoms with Crippen LogP contribution in [0.15, 0.2) is 0 Å². The Morgan fingerprint density at radius 3 is 1.82 bits per heavy atom. The van der Waals surface area contributed by atoms with Gasteiger partial charge >= 0.3 is 11.9 Å². The van der Waals surface area contributed by atoms with Crippen LogP contribution in [-0.2, 0) is 28.8 Å². The quantitative estimate of drug-likeness (QED) is 0.119. The second-order valence-electron chi connectivity index (χ2n) is 8.03. The van der Waals surface area contributed by atoms with E-state index in [4.69, 9.17) is 21.7 Å². The summed E-state index contributed by atoms with van der Waals surface area (Å²) in [4.78, 5) is 70.7. The summed E-state index contributed by atoms with van der Waals surface area (Å²) in [5, 5.41) is 34.5. The summed E-state index contributed by atoms with van der Waals surface area (Å²) in [7, 11) is 0. The number of nitrogens with one attached hydrogen (secondary N) is 3. The molecule has 0 fully saturated rings. The first kappa shape index (κ1) is 29.7. The average molecular weight is 475 g/mol. The van der Waals surface area contributed by atoms with Crippen LogP contribution in [0.25, 0.3) is 0 Å². The van der Waals surface area contributed by atoms with E-state index in [0.29, 0.717) is 6.42 Å². The van der Waals surface area contributed by atoms with Crippen LogP contribution < -0.4 is 27.4 Å². The van der Waals surface area contributed by atoms with Gasteiger partial charge in [-0.25, -0.2) is 4.79 Å². The number of carbonyl (C=O) groups excluding carboxylic acids is 4. The van der Waals surface area contributed by atoms with Crippen molar-refractivity contribution in [1.29, 1.82) is 0 Å². The molecule has 0 radical (unpaired) electrons. The molecule has 0 rings (SSSR count). The summed E-state index contributed by atoms with van der Waals surface area (Å²) in [6.45, 7) is 4.87. The molecule has 5 atom stereocenters. The Kier molecular flexibility index (Phi) is 12.6. The highest BCUT2D eigenvalue weighted by molar-refractivity contribution is 5.95. The van der Waals surface area contributed by atoms with Gasteiger partial charge in [-0.15, -0.1) is 0 Å². The van der Waals surface area contributed by atoms with Crippen LogP contribution in [-0.4, -0.2) is 81.2 Å². The predicted octanol–water partition coefficient (Wildman–Crippen LogP) is -2.98. The van der Waals surface area contributed by atoms with Crippen molar-refractivity contribution in [3.05, 3.63) is 0 Å². The van der Waals surface area contributed by atoms with Gasteiger partial charge in [0.25, 0.3) is 0 Å². The van der Waals surface area contributed by atoms with Crippen LogP contribution in [0.3, 0.4) is 0 Å². The maximum atomic E-state index is 12.7. The third-order valence-electron chi connectivity index (χ3n) is 4.42. The largest absolute Gasteiger partial charge is 0.481 e.